The smallest absolute Gasteiger partial charge is 0.151 e. The third-order valence-electron chi connectivity index (χ3n) is 2.56. The highest BCUT2D eigenvalue weighted by Gasteiger charge is 2.10. The molecule has 2 rings (SSSR count). The van der Waals surface area contributed by atoms with E-state index in [4.69, 9.17) is 17.3 Å². The van der Waals surface area contributed by atoms with Crippen molar-refractivity contribution in [1.82, 2.24) is 0 Å². The van der Waals surface area contributed by atoms with Crippen molar-refractivity contribution in [2.75, 3.05) is 11.1 Å². The molecule has 0 unspecified atom stereocenters. The second-order valence-corrected chi connectivity index (χ2v) is 4.35. The molecule has 0 amide bonds. The van der Waals surface area contributed by atoms with E-state index in [0.29, 0.717) is 11.4 Å². The molecule has 0 fully saturated rings. The van der Waals surface area contributed by atoms with Crippen LogP contribution in [0.1, 0.15) is 5.56 Å². The van der Waals surface area contributed by atoms with Crippen molar-refractivity contribution < 1.29 is 8.78 Å². The Morgan fingerprint density at radius 1 is 1.17 bits per heavy atom. The van der Waals surface area contributed by atoms with Gasteiger partial charge in [-0.25, -0.2) is 8.78 Å². The van der Waals surface area contributed by atoms with Gasteiger partial charge in [0, 0.05) is 17.4 Å². The molecule has 0 spiro atoms. The lowest BCUT2D eigenvalue weighted by Crippen LogP contribution is -1.98. The van der Waals surface area contributed by atoms with Gasteiger partial charge in [0.25, 0.3) is 0 Å². The Balaban J connectivity index is 2.37. The van der Waals surface area contributed by atoms with Crippen LogP contribution in [0.5, 0.6) is 0 Å². The number of rotatable bonds is 2. The minimum absolute atomic E-state index is 0.0216. The number of hydrogen-bond donors (Lipinski definition) is 2. The summed E-state index contributed by atoms with van der Waals surface area (Å²) >= 11 is 5.78. The van der Waals surface area contributed by atoms with E-state index in [0.717, 1.165) is 17.7 Å². The molecule has 0 atom stereocenters. The van der Waals surface area contributed by atoms with Crippen LogP contribution < -0.4 is 11.1 Å². The third kappa shape index (κ3) is 2.54. The zero-order chi connectivity index (χ0) is 13.3. The predicted octanol–water partition coefficient (Wildman–Crippen LogP) is 4.25. The molecule has 0 aromatic heterocycles. The van der Waals surface area contributed by atoms with Crippen LogP contribution in [0.3, 0.4) is 0 Å². The van der Waals surface area contributed by atoms with Crippen molar-refractivity contribution in [3.63, 3.8) is 0 Å². The van der Waals surface area contributed by atoms with Gasteiger partial charge < -0.3 is 11.1 Å². The van der Waals surface area contributed by atoms with Crippen LogP contribution in [-0.2, 0) is 0 Å². The van der Waals surface area contributed by atoms with Gasteiger partial charge in [0.15, 0.2) is 5.82 Å². The SMILES string of the molecule is Cc1ccc(Nc2c(F)cc(F)cc2Cl)cc1N. The molecule has 0 aliphatic rings. The van der Waals surface area contributed by atoms with Crippen LogP contribution >= 0.6 is 11.6 Å². The maximum atomic E-state index is 13.6. The number of anilines is 3. The summed E-state index contributed by atoms with van der Waals surface area (Å²) in [6.07, 6.45) is 0. The normalized spacial score (nSPS) is 10.4. The van der Waals surface area contributed by atoms with E-state index in [2.05, 4.69) is 5.32 Å². The fraction of sp³-hybridized carbons (Fsp3) is 0.0769. The molecule has 0 aliphatic heterocycles. The van der Waals surface area contributed by atoms with E-state index in [9.17, 15) is 8.78 Å². The van der Waals surface area contributed by atoms with Crippen molar-refractivity contribution in [2.24, 2.45) is 0 Å². The van der Waals surface area contributed by atoms with Gasteiger partial charge >= 0.3 is 0 Å². The van der Waals surface area contributed by atoms with E-state index in [1.54, 1.807) is 18.2 Å². The van der Waals surface area contributed by atoms with Crippen LogP contribution in [0.4, 0.5) is 25.8 Å². The van der Waals surface area contributed by atoms with E-state index in [1.165, 1.54) is 0 Å². The first-order valence-corrected chi connectivity index (χ1v) is 5.63. The summed E-state index contributed by atoms with van der Waals surface area (Å²) in [6, 6.07) is 7.02. The van der Waals surface area contributed by atoms with Gasteiger partial charge in [-0.2, -0.15) is 0 Å². The lowest BCUT2D eigenvalue weighted by Gasteiger charge is -2.11. The molecule has 18 heavy (non-hydrogen) atoms. The maximum Gasteiger partial charge on any atom is 0.151 e. The second-order valence-electron chi connectivity index (χ2n) is 3.94. The summed E-state index contributed by atoms with van der Waals surface area (Å²) in [5.41, 5.74) is 7.87. The van der Waals surface area contributed by atoms with Gasteiger partial charge in [-0.05, 0) is 30.7 Å². The van der Waals surface area contributed by atoms with Gasteiger partial charge in [0.2, 0.25) is 0 Å². The predicted molar refractivity (Wildman–Crippen MR) is 70.2 cm³/mol. The Hall–Kier alpha value is -1.81. The molecule has 2 aromatic rings. The third-order valence-corrected chi connectivity index (χ3v) is 2.85. The standard InChI is InChI=1S/C13H11ClF2N2/c1-7-2-3-9(6-12(7)17)18-13-10(14)4-8(15)5-11(13)16/h2-6,18H,17H2,1H3. The first-order chi connectivity index (χ1) is 8.47. The van der Waals surface area contributed by atoms with Crippen molar-refractivity contribution in [3.8, 4) is 0 Å². The second kappa shape index (κ2) is 4.82. The number of hydrogen-bond acceptors (Lipinski definition) is 2. The maximum absolute atomic E-state index is 13.6. The summed E-state index contributed by atoms with van der Waals surface area (Å²) in [4.78, 5) is 0. The summed E-state index contributed by atoms with van der Waals surface area (Å²) < 4.78 is 26.5. The van der Waals surface area contributed by atoms with Crippen LogP contribution in [0.2, 0.25) is 5.02 Å². The quantitative estimate of drug-likeness (QED) is 0.799. The summed E-state index contributed by atoms with van der Waals surface area (Å²) in [7, 11) is 0. The molecular weight excluding hydrogens is 258 g/mol. The molecule has 3 N–H and O–H groups in total. The molecular formula is C13H11ClF2N2. The number of aryl methyl sites for hydroxylation is 1. The first kappa shape index (κ1) is 12.6. The van der Waals surface area contributed by atoms with Gasteiger partial charge in [0.1, 0.15) is 5.82 Å². The van der Waals surface area contributed by atoms with Crippen LogP contribution in [0.25, 0.3) is 0 Å². The molecule has 5 heteroatoms. The van der Waals surface area contributed by atoms with Gasteiger partial charge in [-0.1, -0.05) is 17.7 Å². The number of nitrogens with one attached hydrogen (secondary N) is 1. The van der Waals surface area contributed by atoms with E-state index < -0.39 is 11.6 Å². The van der Waals surface area contributed by atoms with E-state index in [-0.39, 0.29) is 10.7 Å². The molecule has 0 saturated carbocycles. The molecule has 0 saturated heterocycles. The van der Waals surface area contributed by atoms with E-state index in [1.807, 2.05) is 6.92 Å². The highest BCUT2D eigenvalue weighted by Crippen LogP contribution is 2.30. The molecule has 0 heterocycles. The monoisotopic (exact) mass is 268 g/mol. The number of nitrogen functional groups attached to an aromatic ring is 1. The number of nitrogens with two attached hydrogens (primary N) is 1. The Morgan fingerprint density at radius 2 is 1.89 bits per heavy atom. The highest BCUT2D eigenvalue weighted by molar-refractivity contribution is 6.33. The van der Waals surface area contributed by atoms with Crippen molar-refractivity contribution in [3.05, 3.63) is 52.6 Å². The van der Waals surface area contributed by atoms with Crippen LogP contribution in [0, 0.1) is 18.6 Å². The highest BCUT2D eigenvalue weighted by atomic mass is 35.5. The van der Waals surface area contributed by atoms with Gasteiger partial charge in [0.05, 0.1) is 10.7 Å². The fourth-order valence-corrected chi connectivity index (χ4v) is 1.77. The average Bonchev–Trinajstić information content (AvgIpc) is 2.28. The lowest BCUT2D eigenvalue weighted by atomic mass is 10.2. The minimum atomic E-state index is -0.751. The lowest BCUT2D eigenvalue weighted by molar-refractivity contribution is 0.586. The zero-order valence-corrected chi connectivity index (χ0v) is 10.4. The van der Waals surface area contributed by atoms with Crippen LogP contribution in [0.15, 0.2) is 30.3 Å². The number of benzene rings is 2. The summed E-state index contributed by atoms with van der Waals surface area (Å²) in [5, 5.41) is 2.76. The van der Waals surface area contributed by atoms with Crippen molar-refractivity contribution >= 4 is 28.7 Å². The Bertz CT molecular complexity index is 577. The topological polar surface area (TPSA) is 38.0 Å². The van der Waals surface area contributed by atoms with Gasteiger partial charge in [-0.15, -0.1) is 0 Å². The molecule has 94 valence electrons. The molecule has 2 nitrogen and oxygen atoms in total. The Labute approximate surface area is 108 Å². The summed E-state index contributed by atoms with van der Waals surface area (Å²) in [5.74, 6) is -1.47. The first-order valence-electron chi connectivity index (χ1n) is 5.25. The average molecular weight is 269 g/mol. The minimum Gasteiger partial charge on any atom is -0.398 e. The fourth-order valence-electron chi connectivity index (χ4n) is 1.52. The van der Waals surface area contributed by atoms with Crippen molar-refractivity contribution in [2.45, 2.75) is 6.92 Å². The molecule has 0 bridgehead atoms. The Kier molecular flexibility index (Phi) is 3.39. The zero-order valence-electron chi connectivity index (χ0n) is 9.60. The number of halogens is 3. The summed E-state index contributed by atoms with van der Waals surface area (Å²) in [6.45, 7) is 1.87. The Morgan fingerprint density at radius 3 is 2.50 bits per heavy atom. The van der Waals surface area contributed by atoms with Crippen molar-refractivity contribution in [1.29, 1.82) is 0 Å². The largest absolute Gasteiger partial charge is 0.398 e. The van der Waals surface area contributed by atoms with E-state index >= 15 is 0 Å². The van der Waals surface area contributed by atoms with Gasteiger partial charge in [-0.3, -0.25) is 0 Å². The molecule has 0 aliphatic carbocycles. The molecule has 2 aromatic carbocycles. The molecule has 0 radical (unpaired) electrons. The van der Waals surface area contributed by atoms with Crippen LogP contribution in [-0.4, -0.2) is 0 Å².